The number of carbonyl (C=O) groups excluding carboxylic acids is 1. The number of alkyl halides is 3. The van der Waals surface area contributed by atoms with Crippen molar-refractivity contribution in [3.05, 3.63) is 70.0 Å². The Morgan fingerprint density at radius 3 is 2.05 bits per heavy atom. The summed E-state index contributed by atoms with van der Waals surface area (Å²) in [6, 6.07) is 8.13. The Morgan fingerprint density at radius 1 is 1.05 bits per heavy atom. The van der Waals surface area contributed by atoms with Gasteiger partial charge < -0.3 is 0 Å². The van der Waals surface area contributed by atoms with Gasteiger partial charge in [0.15, 0.2) is 0 Å². The Balaban J connectivity index is 2.44. The molecule has 0 fully saturated rings. The van der Waals surface area contributed by atoms with Gasteiger partial charge in [-0.2, -0.15) is 13.2 Å². The van der Waals surface area contributed by atoms with E-state index in [1.54, 1.807) is 0 Å². The zero-order chi connectivity index (χ0) is 16.5. The van der Waals surface area contributed by atoms with Gasteiger partial charge >= 0.3 is 6.18 Å². The van der Waals surface area contributed by atoms with Gasteiger partial charge in [0.1, 0.15) is 11.6 Å². The van der Waals surface area contributed by atoms with Crippen LogP contribution in [0.4, 0.5) is 17.6 Å². The maximum absolute atomic E-state index is 13.2. The van der Waals surface area contributed by atoms with Crippen molar-refractivity contribution >= 4 is 17.4 Å². The van der Waals surface area contributed by atoms with Gasteiger partial charge in [-0.05, 0) is 42.3 Å². The zero-order valence-corrected chi connectivity index (χ0v) is 12.2. The molecule has 0 radical (unpaired) electrons. The molecule has 0 spiro atoms. The third-order valence-electron chi connectivity index (χ3n) is 3.25. The van der Waals surface area contributed by atoms with Crippen LogP contribution < -0.4 is 0 Å². The van der Waals surface area contributed by atoms with Gasteiger partial charge in [0.05, 0.1) is 16.5 Å². The van der Waals surface area contributed by atoms with Crippen LogP contribution >= 0.6 is 11.6 Å². The van der Waals surface area contributed by atoms with Crippen LogP contribution in [-0.4, -0.2) is 5.78 Å². The number of rotatable bonds is 3. The van der Waals surface area contributed by atoms with Crippen LogP contribution in [0.3, 0.4) is 0 Å². The molecule has 0 N–H and O–H groups in total. The summed E-state index contributed by atoms with van der Waals surface area (Å²) in [7, 11) is 0. The van der Waals surface area contributed by atoms with E-state index in [4.69, 9.17) is 11.6 Å². The van der Waals surface area contributed by atoms with Crippen LogP contribution in [0.1, 0.15) is 29.5 Å². The molecule has 2 aromatic carbocycles. The van der Waals surface area contributed by atoms with Gasteiger partial charge in [-0.3, -0.25) is 4.79 Å². The van der Waals surface area contributed by atoms with Gasteiger partial charge in [-0.1, -0.05) is 29.8 Å². The Bertz CT molecular complexity index is 692. The quantitative estimate of drug-likeness (QED) is 0.705. The van der Waals surface area contributed by atoms with Crippen molar-refractivity contribution in [2.24, 2.45) is 0 Å². The maximum atomic E-state index is 13.2. The summed E-state index contributed by atoms with van der Waals surface area (Å²) in [5, 5.41) is -0.143. The van der Waals surface area contributed by atoms with E-state index >= 15 is 0 Å². The molecule has 1 nitrogen and oxygen atoms in total. The summed E-state index contributed by atoms with van der Waals surface area (Å²) in [5.74, 6) is -1.69. The normalized spacial score (nSPS) is 13.0. The molecular weight excluding hydrogens is 320 g/mol. The van der Waals surface area contributed by atoms with Gasteiger partial charge in [0.2, 0.25) is 0 Å². The maximum Gasteiger partial charge on any atom is 0.416 e. The number of benzene rings is 2. The van der Waals surface area contributed by atoms with Crippen molar-refractivity contribution in [1.29, 1.82) is 0 Å². The van der Waals surface area contributed by atoms with Crippen molar-refractivity contribution < 1.29 is 22.4 Å². The molecule has 1 atom stereocenters. The summed E-state index contributed by atoms with van der Waals surface area (Å²) in [6.07, 6.45) is -4.44. The van der Waals surface area contributed by atoms with Crippen molar-refractivity contribution in [2.75, 3.05) is 0 Å². The van der Waals surface area contributed by atoms with E-state index in [1.165, 1.54) is 31.2 Å². The fraction of sp³-hybridized carbons (Fsp3) is 0.188. The molecule has 0 saturated heterocycles. The number of hydrogen-bond acceptors (Lipinski definition) is 1. The lowest BCUT2D eigenvalue weighted by molar-refractivity contribution is -0.137. The van der Waals surface area contributed by atoms with Crippen LogP contribution in [0.15, 0.2) is 42.5 Å². The van der Waals surface area contributed by atoms with E-state index in [1.807, 2.05) is 0 Å². The summed E-state index contributed by atoms with van der Waals surface area (Å²) < 4.78 is 50.9. The molecule has 22 heavy (non-hydrogen) atoms. The summed E-state index contributed by atoms with van der Waals surface area (Å²) in [6.45, 7) is 1.32. The molecular formula is C16H11ClF4O. The molecule has 6 heteroatoms. The van der Waals surface area contributed by atoms with E-state index in [2.05, 4.69) is 0 Å². The molecule has 0 amide bonds. The van der Waals surface area contributed by atoms with Crippen molar-refractivity contribution in [1.82, 2.24) is 0 Å². The number of ketones is 1. The third kappa shape index (κ3) is 3.47. The average Bonchev–Trinajstić information content (AvgIpc) is 2.42. The first-order valence-electron chi connectivity index (χ1n) is 6.32. The van der Waals surface area contributed by atoms with E-state index in [-0.39, 0.29) is 10.8 Å². The van der Waals surface area contributed by atoms with Crippen LogP contribution in [-0.2, 0) is 11.0 Å². The SMILES string of the molecule is CC(=O)C(c1ccc(C(F)(F)F)cc1)c1ccc(F)c(Cl)c1. The van der Waals surface area contributed by atoms with E-state index in [9.17, 15) is 22.4 Å². The standard InChI is InChI=1S/C16H11ClF4O/c1-9(22)15(11-4-7-14(18)13(17)8-11)10-2-5-12(6-3-10)16(19,20)21/h2-8,15H,1H3. The number of halogens is 5. The monoisotopic (exact) mass is 330 g/mol. The predicted molar refractivity (Wildman–Crippen MR) is 75.4 cm³/mol. The topological polar surface area (TPSA) is 17.1 Å². The second kappa shape index (κ2) is 6.08. The predicted octanol–water partition coefficient (Wildman–Crippen LogP) is 5.22. The van der Waals surface area contributed by atoms with Gasteiger partial charge in [0.25, 0.3) is 0 Å². The highest BCUT2D eigenvalue weighted by molar-refractivity contribution is 6.30. The summed E-state index contributed by atoms with van der Waals surface area (Å²) in [4.78, 5) is 11.9. The molecule has 0 heterocycles. The molecule has 0 aliphatic rings. The molecule has 2 aromatic rings. The Hall–Kier alpha value is -1.88. The van der Waals surface area contributed by atoms with E-state index in [0.29, 0.717) is 11.1 Å². The third-order valence-corrected chi connectivity index (χ3v) is 3.54. The Kier molecular flexibility index (Phi) is 4.56. The first-order chi connectivity index (χ1) is 10.2. The minimum Gasteiger partial charge on any atom is -0.299 e. The average molecular weight is 331 g/mol. The Morgan fingerprint density at radius 2 is 1.59 bits per heavy atom. The highest BCUT2D eigenvalue weighted by Crippen LogP contribution is 2.33. The Labute approximate surface area is 129 Å². The number of hydrogen-bond donors (Lipinski definition) is 0. The first kappa shape index (κ1) is 16.5. The molecule has 0 saturated carbocycles. The minimum atomic E-state index is -4.44. The number of Topliss-reactive ketones (excluding diaryl/α,β-unsaturated/α-hetero) is 1. The van der Waals surface area contributed by atoms with Gasteiger partial charge in [-0.15, -0.1) is 0 Å². The van der Waals surface area contributed by atoms with E-state index in [0.717, 1.165) is 18.2 Å². The van der Waals surface area contributed by atoms with Crippen molar-refractivity contribution in [2.45, 2.75) is 19.0 Å². The summed E-state index contributed by atoms with van der Waals surface area (Å²) >= 11 is 5.70. The largest absolute Gasteiger partial charge is 0.416 e. The van der Waals surface area contributed by atoms with Crippen LogP contribution in [0.2, 0.25) is 5.02 Å². The number of carbonyl (C=O) groups is 1. The fourth-order valence-electron chi connectivity index (χ4n) is 2.22. The van der Waals surface area contributed by atoms with Crippen molar-refractivity contribution in [3.8, 4) is 0 Å². The van der Waals surface area contributed by atoms with Crippen LogP contribution in [0, 0.1) is 5.82 Å². The minimum absolute atomic E-state index is 0.143. The molecule has 0 aliphatic heterocycles. The fourth-order valence-corrected chi connectivity index (χ4v) is 2.41. The molecule has 2 rings (SSSR count). The summed E-state index contributed by atoms with van der Waals surface area (Å²) in [5.41, 5.74) is 0.0255. The van der Waals surface area contributed by atoms with Gasteiger partial charge in [-0.25, -0.2) is 4.39 Å². The molecule has 0 bridgehead atoms. The lowest BCUT2D eigenvalue weighted by Gasteiger charge is -2.16. The smallest absolute Gasteiger partial charge is 0.299 e. The first-order valence-corrected chi connectivity index (χ1v) is 6.70. The second-order valence-electron chi connectivity index (χ2n) is 4.84. The lowest BCUT2D eigenvalue weighted by Crippen LogP contribution is -2.12. The molecule has 116 valence electrons. The van der Waals surface area contributed by atoms with Crippen LogP contribution in [0.25, 0.3) is 0 Å². The zero-order valence-electron chi connectivity index (χ0n) is 11.4. The molecule has 0 aromatic heterocycles. The highest BCUT2D eigenvalue weighted by atomic mass is 35.5. The van der Waals surface area contributed by atoms with Gasteiger partial charge in [0, 0.05) is 0 Å². The highest BCUT2D eigenvalue weighted by Gasteiger charge is 2.30. The van der Waals surface area contributed by atoms with E-state index < -0.39 is 23.5 Å². The van der Waals surface area contributed by atoms with Crippen molar-refractivity contribution in [3.63, 3.8) is 0 Å². The van der Waals surface area contributed by atoms with Crippen LogP contribution in [0.5, 0.6) is 0 Å². The lowest BCUT2D eigenvalue weighted by atomic mass is 9.88. The second-order valence-corrected chi connectivity index (χ2v) is 5.24. The molecule has 0 aliphatic carbocycles. The molecule has 1 unspecified atom stereocenters.